The van der Waals surface area contributed by atoms with E-state index in [1.165, 1.54) is 41.6 Å². The number of piperidine rings is 1. The summed E-state index contributed by atoms with van der Waals surface area (Å²) >= 11 is 0. The first kappa shape index (κ1) is 17.5. The van der Waals surface area contributed by atoms with Crippen LogP contribution >= 0.6 is 0 Å². The second kappa shape index (κ2) is 7.10. The highest BCUT2D eigenvalue weighted by Crippen LogP contribution is 2.50. The number of aryl methyl sites for hydroxylation is 1. The molecule has 0 saturated carbocycles. The predicted molar refractivity (Wildman–Crippen MR) is 115 cm³/mol. The van der Waals surface area contributed by atoms with Gasteiger partial charge in [-0.05, 0) is 78.2 Å². The van der Waals surface area contributed by atoms with Gasteiger partial charge >= 0.3 is 0 Å². The van der Waals surface area contributed by atoms with Crippen LogP contribution in [0.3, 0.4) is 0 Å². The first-order valence-corrected chi connectivity index (χ1v) is 10.3. The molecule has 1 saturated heterocycles. The van der Waals surface area contributed by atoms with Crippen molar-refractivity contribution in [2.75, 3.05) is 13.7 Å². The summed E-state index contributed by atoms with van der Waals surface area (Å²) in [6, 6.07) is 25.1. The molecule has 1 fully saturated rings. The molecule has 0 radical (unpaired) electrons. The number of fused-ring (bicyclic) bond motifs is 5. The standard InChI is InChI=1S/C26H27NO/c1-18-4-3-5-20(14-18)21-8-11-24-22-12-13-27(26(16-22)25(24)15-21)17-19-6-9-23(28-2)10-7-19/h3-11,14-15,22,26H,12-13,16-17H2,1-2H3/t22-,26?/m1/s1. The Bertz CT molecular complexity index is 992. The highest BCUT2D eigenvalue weighted by molar-refractivity contribution is 5.66. The van der Waals surface area contributed by atoms with Crippen LogP contribution in [-0.2, 0) is 6.54 Å². The Kier molecular flexibility index (Phi) is 4.44. The monoisotopic (exact) mass is 369 g/mol. The Morgan fingerprint density at radius 1 is 0.929 bits per heavy atom. The second-order valence-electron chi connectivity index (χ2n) is 8.27. The first-order valence-electron chi connectivity index (χ1n) is 10.3. The molecule has 2 nitrogen and oxygen atoms in total. The summed E-state index contributed by atoms with van der Waals surface area (Å²) in [5.41, 5.74) is 8.49. The molecule has 3 aromatic carbocycles. The van der Waals surface area contributed by atoms with E-state index in [1.54, 1.807) is 18.2 Å². The molecular weight excluding hydrogens is 342 g/mol. The fraction of sp³-hybridized carbons (Fsp3) is 0.308. The van der Waals surface area contributed by atoms with Crippen LogP contribution in [0.1, 0.15) is 47.1 Å². The third-order valence-corrected chi connectivity index (χ3v) is 6.50. The van der Waals surface area contributed by atoms with Gasteiger partial charge in [0.15, 0.2) is 0 Å². The minimum atomic E-state index is 0.542. The number of benzene rings is 3. The highest BCUT2D eigenvalue weighted by Gasteiger charge is 2.38. The van der Waals surface area contributed by atoms with Crippen molar-refractivity contribution in [3.63, 3.8) is 0 Å². The van der Waals surface area contributed by atoms with Crippen LogP contribution in [-0.4, -0.2) is 18.6 Å². The molecule has 3 aromatic rings. The molecule has 5 rings (SSSR count). The molecule has 1 aliphatic heterocycles. The summed E-state index contributed by atoms with van der Waals surface area (Å²) < 4.78 is 5.30. The average Bonchev–Trinajstić information content (AvgIpc) is 3.03. The van der Waals surface area contributed by atoms with Crippen LogP contribution in [0.4, 0.5) is 0 Å². The molecule has 0 spiro atoms. The van der Waals surface area contributed by atoms with E-state index >= 15 is 0 Å². The van der Waals surface area contributed by atoms with E-state index in [1.807, 2.05) is 0 Å². The number of ether oxygens (including phenoxy) is 1. The molecule has 142 valence electrons. The first-order chi connectivity index (χ1) is 13.7. The van der Waals surface area contributed by atoms with Crippen LogP contribution in [0.2, 0.25) is 0 Å². The van der Waals surface area contributed by atoms with Gasteiger partial charge in [-0.2, -0.15) is 0 Å². The maximum absolute atomic E-state index is 5.30. The Hall–Kier alpha value is -2.58. The van der Waals surface area contributed by atoms with Gasteiger partial charge in [-0.15, -0.1) is 0 Å². The molecule has 0 aromatic heterocycles. The van der Waals surface area contributed by atoms with Crippen LogP contribution in [0.15, 0.2) is 66.7 Å². The third kappa shape index (κ3) is 3.12. The molecule has 2 aliphatic rings. The smallest absolute Gasteiger partial charge is 0.118 e. The molecular formula is C26H27NO. The predicted octanol–water partition coefficient (Wildman–Crippen LogP) is 6.10. The number of likely N-dealkylation sites (tertiary alicyclic amines) is 1. The van der Waals surface area contributed by atoms with Crippen LogP contribution in [0, 0.1) is 6.92 Å². The van der Waals surface area contributed by atoms with Gasteiger partial charge in [0.1, 0.15) is 5.75 Å². The quantitative estimate of drug-likeness (QED) is 0.550. The number of methoxy groups -OCH3 is 1. The summed E-state index contributed by atoms with van der Waals surface area (Å²) in [4.78, 5) is 2.67. The molecule has 0 N–H and O–H groups in total. The van der Waals surface area contributed by atoms with Gasteiger partial charge in [0.2, 0.25) is 0 Å². The van der Waals surface area contributed by atoms with Gasteiger partial charge in [0.25, 0.3) is 0 Å². The van der Waals surface area contributed by atoms with E-state index in [2.05, 4.69) is 78.6 Å². The van der Waals surface area contributed by atoms with Gasteiger partial charge in [-0.1, -0.05) is 54.1 Å². The SMILES string of the molecule is COc1ccc(CN2CC[C@@H]3CC2c2cc(-c4cccc(C)c4)ccc23)cc1. The van der Waals surface area contributed by atoms with Crippen molar-refractivity contribution in [3.8, 4) is 16.9 Å². The summed E-state index contributed by atoms with van der Waals surface area (Å²) in [5, 5.41) is 0. The van der Waals surface area contributed by atoms with Crippen LogP contribution in [0.5, 0.6) is 5.75 Å². The number of nitrogens with zero attached hydrogens (tertiary/aromatic N) is 1. The molecule has 0 amide bonds. The van der Waals surface area contributed by atoms with E-state index in [9.17, 15) is 0 Å². The van der Waals surface area contributed by atoms with E-state index in [0.29, 0.717) is 6.04 Å². The molecule has 2 bridgehead atoms. The Balaban J connectivity index is 1.44. The zero-order chi connectivity index (χ0) is 19.1. The van der Waals surface area contributed by atoms with Gasteiger partial charge in [-0.3, -0.25) is 4.90 Å². The van der Waals surface area contributed by atoms with Gasteiger partial charge in [0.05, 0.1) is 7.11 Å². The Labute approximate surface area is 167 Å². The fourth-order valence-electron chi connectivity index (χ4n) is 5.01. The van der Waals surface area contributed by atoms with Crippen molar-refractivity contribution in [2.24, 2.45) is 0 Å². The normalized spacial score (nSPS) is 20.8. The molecule has 1 unspecified atom stereocenters. The Morgan fingerprint density at radius 3 is 2.54 bits per heavy atom. The third-order valence-electron chi connectivity index (χ3n) is 6.50. The van der Waals surface area contributed by atoms with E-state index in [0.717, 1.165) is 18.2 Å². The number of hydrogen-bond donors (Lipinski definition) is 0. The maximum Gasteiger partial charge on any atom is 0.118 e. The Morgan fingerprint density at radius 2 is 1.75 bits per heavy atom. The van der Waals surface area contributed by atoms with Gasteiger partial charge in [0, 0.05) is 12.6 Å². The van der Waals surface area contributed by atoms with E-state index in [-0.39, 0.29) is 0 Å². The largest absolute Gasteiger partial charge is 0.497 e. The summed E-state index contributed by atoms with van der Waals surface area (Å²) in [6.45, 7) is 4.35. The van der Waals surface area contributed by atoms with Gasteiger partial charge < -0.3 is 4.74 Å². The number of rotatable bonds is 4. The van der Waals surface area contributed by atoms with Crippen molar-refractivity contribution < 1.29 is 4.74 Å². The lowest BCUT2D eigenvalue weighted by molar-refractivity contribution is 0.145. The number of hydrogen-bond acceptors (Lipinski definition) is 2. The minimum absolute atomic E-state index is 0.542. The minimum Gasteiger partial charge on any atom is -0.497 e. The van der Waals surface area contributed by atoms with Crippen molar-refractivity contribution in [1.82, 2.24) is 4.90 Å². The molecule has 2 heteroatoms. The van der Waals surface area contributed by atoms with Crippen LogP contribution < -0.4 is 4.74 Å². The van der Waals surface area contributed by atoms with Gasteiger partial charge in [-0.25, -0.2) is 0 Å². The van der Waals surface area contributed by atoms with Crippen LogP contribution in [0.25, 0.3) is 11.1 Å². The highest BCUT2D eigenvalue weighted by atomic mass is 16.5. The zero-order valence-corrected chi connectivity index (χ0v) is 16.7. The fourth-order valence-corrected chi connectivity index (χ4v) is 5.01. The average molecular weight is 370 g/mol. The molecule has 28 heavy (non-hydrogen) atoms. The van der Waals surface area contributed by atoms with E-state index in [4.69, 9.17) is 4.74 Å². The topological polar surface area (TPSA) is 12.5 Å². The maximum atomic E-state index is 5.30. The lowest BCUT2D eigenvalue weighted by Crippen LogP contribution is -2.31. The van der Waals surface area contributed by atoms with Crippen molar-refractivity contribution in [2.45, 2.75) is 38.3 Å². The summed E-state index contributed by atoms with van der Waals surface area (Å²) in [6.07, 6.45) is 2.53. The molecule has 1 aliphatic carbocycles. The van der Waals surface area contributed by atoms with Crippen molar-refractivity contribution in [3.05, 3.63) is 89.0 Å². The molecule has 2 atom stereocenters. The zero-order valence-electron chi connectivity index (χ0n) is 16.7. The summed E-state index contributed by atoms with van der Waals surface area (Å²) in [5.74, 6) is 1.66. The second-order valence-corrected chi connectivity index (χ2v) is 8.27. The summed E-state index contributed by atoms with van der Waals surface area (Å²) in [7, 11) is 1.72. The lowest BCUT2D eigenvalue weighted by Gasteiger charge is -2.33. The van der Waals surface area contributed by atoms with E-state index < -0.39 is 0 Å². The molecule has 1 heterocycles. The van der Waals surface area contributed by atoms with Crippen molar-refractivity contribution in [1.29, 1.82) is 0 Å². The lowest BCUT2D eigenvalue weighted by atomic mass is 9.94. The van der Waals surface area contributed by atoms with Crippen molar-refractivity contribution >= 4 is 0 Å².